The predicted molar refractivity (Wildman–Crippen MR) is 147 cm³/mol. The van der Waals surface area contributed by atoms with Crippen molar-refractivity contribution in [3.63, 3.8) is 0 Å². The van der Waals surface area contributed by atoms with Crippen LogP contribution in [-0.4, -0.2) is 31.9 Å². The van der Waals surface area contributed by atoms with Gasteiger partial charge in [0, 0.05) is 19.1 Å². The smallest absolute Gasteiger partial charge is 0.261 e. The van der Waals surface area contributed by atoms with E-state index in [2.05, 4.69) is 117 Å². The van der Waals surface area contributed by atoms with Crippen molar-refractivity contribution in [3.8, 4) is 0 Å². The molecule has 35 heavy (non-hydrogen) atoms. The van der Waals surface area contributed by atoms with Crippen molar-refractivity contribution in [3.05, 3.63) is 96.6 Å². The second-order valence-corrected chi connectivity index (χ2v) is 16.5. The zero-order valence-electron chi connectivity index (χ0n) is 21.4. The van der Waals surface area contributed by atoms with Crippen LogP contribution < -0.4 is 10.4 Å². The highest BCUT2D eigenvalue weighted by Crippen LogP contribution is 2.54. The predicted octanol–water partition coefficient (Wildman–Crippen LogP) is 5.86. The van der Waals surface area contributed by atoms with E-state index in [1.54, 1.807) is 0 Å². The Morgan fingerprint density at radius 3 is 1.86 bits per heavy atom. The first kappa shape index (κ1) is 23.2. The lowest BCUT2D eigenvalue weighted by Crippen LogP contribution is -2.69. The van der Waals surface area contributed by atoms with Crippen molar-refractivity contribution in [2.75, 3.05) is 6.54 Å². The molecule has 1 heterocycles. The number of hydrogen-bond donors (Lipinski definition) is 0. The lowest BCUT2D eigenvalue weighted by Gasteiger charge is -2.48. The summed E-state index contributed by atoms with van der Waals surface area (Å²) in [5.74, 6) is 2.29. The minimum absolute atomic E-state index is 0.0225. The van der Waals surface area contributed by atoms with E-state index in [0.717, 1.165) is 18.4 Å². The molecule has 3 bridgehead atoms. The van der Waals surface area contributed by atoms with Gasteiger partial charge in [-0.15, -0.1) is 0 Å². The number of benzene rings is 3. The largest absolute Gasteiger partial charge is 0.403 e. The lowest BCUT2D eigenvalue weighted by molar-refractivity contribution is 0.0246. The van der Waals surface area contributed by atoms with E-state index >= 15 is 0 Å². The normalized spacial score (nSPS) is 28.4. The first-order valence-corrected chi connectivity index (χ1v) is 15.4. The molecule has 0 amide bonds. The van der Waals surface area contributed by atoms with Gasteiger partial charge in [0.05, 0.1) is 6.10 Å². The number of rotatable bonds is 6. The van der Waals surface area contributed by atoms with Gasteiger partial charge in [0.25, 0.3) is 8.32 Å². The van der Waals surface area contributed by atoms with Gasteiger partial charge in [-0.05, 0) is 58.0 Å². The molecule has 4 unspecified atom stereocenters. The van der Waals surface area contributed by atoms with Gasteiger partial charge in [-0.25, -0.2) is 0 Å². The standard InChI is InChI=1S/C32H39NOSi/c1-32(2,3)35(28-15-9-5-10-16-28,29-17-11-6-12-18-29)34-31-27-20-25-19-26(21-27)30(31)33(23-25)22-24-13-7-4-8-14-24/h4-18,25-27,30-31H,19-23H2,1-3H3/t25?,26?,27?,30?,31-/m0/s1. The molecule has 0 spiro atoms. The second kappa shape index (κ2) is 9.03. The Morgan fingerprint density at radius 2 is 1.29 bits per heavy atom. The minimum Gasteiger partial charge on any atom is -0.403 e. The lowest BCUT2D eigenvalue weighted by atomic mass is 9.78. The van der Waals surface area contributed by atoms with Crippen LogP contribution in [0.1, 0.15) is 45.6 Å². The van der Waals surface area contributed by atoms with Gasteiger partial charge in [0.15, 0.2) is 0 Å². The first-order chi connectivity index (χ1) is 17.0. The van der Waals surface area contributed by atoms with Crippen LogP contribution in [0.4, 0.5) is 0 Å². The molecule has 2 saturated carbocycles. The zero-order chi connectivity index (χ0) is 24.0. The summed E-state index contributed by atoms with van der Waals surface area (Å²) in [7, 11) is -2.56. The molecule has 182 valence electrons. The highest BCUT2D eigenvalue weighted by atomic mass is 28.4. The van der Waals surface area contributed by atoms with Crippen LogP contribution in [0.25, 0.3) is 0 Å². The highest BCUT2D eigenvalue weighted by Gasteiger charge is 2.59. The topological polar surface area (TPSA) is 12.5 Å². The summed E-state index contributed by atoms with van der Waals surface area (Å²) >= 11 is 0. The molecule has 0 N–H and O–H groups in total. The van der Waals surface area contributed by atoms with E-state index in [4.69, 9.17) is 4.43 Å². The molecule has 0 aromatic heterocycles. The Bertz CT molecular complexity index is 1090. The van der Waals surface area contributed by atoms with Gasteiger partial charge in [0.2, 0.25) is 0 Å². The van der Waals surface area contributed by atoms with Gasteiger partial charge in [0.1, 0.15) is 0 Å². The van der Waals surface area contributed by atoms with E-state index in [9.17, 15) is 0 Å². The SMILES string of the molecule is CC(C)(C)[Si](O[C@H]1C2CC3CC(C2)C1N(Cc1ccccc1)C3)(c1ccccc1)c1ccccc1. The maximum Gasteiger partial charge on any atom is 0.261 e. The number of likely N-dealkylation sites (tertiary alicyclic amines) is 1. The Labute approximate surface area is 212 Å². The summed E-state index contributed by atoms with van der Waals surface area (Å²) in [6.07, 6.45) is 4.38. The molecule has 5 atom stereocenters. The Morgan fingerprint density at radius 1 is 0.743 bits per heavy atom. The van der Waals surface area contributed by atoms with Crippen molar-refractivity contribution in [1.82, 2.24) is 4.90 Å². The van der Waals surface area contributed by atoms with Crippen molar-refractivity contribution in [2.45, 2.75) is 63.8 Å². The molecule has 3 heteroatoms. The molecule has 0 radical (unpaired) electrons. The molecule has 3 fully saturated rings. The summed E-state index contributed by atoms with van der Waals surface area (Å²) in [5.41, 5.74) is 1.43. The van der Waals surface area contributed by atoms with E-state index in [1.807, 2.05) is 0 Å². The fraction of sp³-hybridized carbons (Fsp3) is 0.438. The number of fused-ring (bicyclic) bond motifs is 2. The molecule has 3 aromatic carbocycles. The second-order valence-electron chi connectivity index (χ2n) is 12.2. The summed E-state index contributed by atoms with van der Waals surface area (Å²) in [5, 5.41) is 2.84. The number of hydrogen-bond acceptors (Lipinski definition) is 2. The number of piperidine rings is 1. The van der Waals surface area contributed by atoms with Gasteiger partial charge < -0.3 is 4.43 Å². The van der Waals surface area contributed by atoms with Crippen molar-refractivity contribution < 1.29 is 4.43 Å². The molecule has 6 rings (SSSR count). The van der Waals surface area contributed by atoms with Crippen LogP contribution in [0.2, 0.25) is 5.04 Å². The quantitative estimate of drug-likeness (QED) is 0.409. The molecule has 2 aliphatic carbocycles. The van der Waals surface area contributed by atoms with Crippen molar-refractivity contribution >= 4 is 18.7 Å². The van der Waals surface area contributed by atoms with Gasteiger partial charge in [-0.2, -0.15) is 0 Å². The Kier molecular flexibility index (Phi) is 5.99. The maximum atomic E-state index is 7.84. The average Bonchev–Trinajstić information content (AvgIpc) is 3.05. The van der Waals surface area contributed by atoms with E-state index < -0.39 is 8.32 Å². The van der Waals surface area contributed by atoms with E-state index in [1.165, 1.54) is 41.7 Å². The fourth-order valence-electron chi connectivity index (χ4n) is 7.79. The summed E-state index contributed by atoms with van der Waals surface area (Å²) < 4.78 is 7.84. The molecular formula is C32H39NOSi. The first-order valence-electron chi connectivity index (χ1n) is 13.5. The van der Waals surface area contributed by atoms with Crippen LogP contribution in [0.3, 0.4) is 0 Å². The highest BCUT2D eigenvalue weighted by molar-refractivity contribution is 6.99. The fourth-order valence-corrected chi connectivity index (χ4v) is 12.5. The van der Waals surface area contributed by atoms with Crippen LogP contribution in [-0.2, 0) is 11.0 Å². The third-order valence-electron chi connectivity index (χ3n) is 9.03. The van der Waals surface area contributed by atoms with Crippen molar-refractivity contribution in [1.29, 1.82) is 0 Å². The molecule has 1 aliphatic heterocycles. The van der Waals surface area contributed by atoms with Crippen LogP contribution in [0.5, 0.6) is 0 Å². The molecule has 3 aliphatic rings. The third kappa shape index (κ3) is 4.02. The molecular weight excluding hydrogens is 442 g/mol. The molecule has 1 saturated heterocycles. The average molecular weight is 482 g/mol. The summed E-state index contributed by atoms with van der Waals surface area (Å²) in [4.78, 5) is 2.81. The Balaban J connectivity index is 1.44. The third-order valence-corrected chi connectivity index (χ3v) is 14.1. The summed E-state index contributed by atoms with van der Waals surface area (Å²) in [6, 6.07) is 34.1. The van der Waals surface area contributed by atoms with E-state index in [-0.39, 0.29) is 5.04 Å². The Hall–Kier alpha value is -2.20. The maximum absolute atomic E-state index is 7.84. The number of nitrogens with zero attached hydrogens (tertiary/aromatic N) is 1. The monoisotopic (exact) mass is 481 g/mol. The molecule has 2 nitrogen and oxygen atoms in total. The molecule has 3 aromatic rings. The van der Waals surface area contributed by atoms with E-state index in [0.29, 0.717) is 18.1 Å². The van der Waals surface area contributed by atoms with Gasteiger partial charge in [-0.3, -0.25) is 4.90 Å². The summed E-state index contributed by atoms with van der Waals surface area (Å²) in [6.45, 7) is 9.53. The van der Waals surface area contributed by atoms with Crippen LogP contribution in [0.15, 0.2) is 91.0 Å². The van der Waals surface area contributed by atoms with Crippen LogP contribution >= 0.6 is 0 Å². The minimum atomic E-state index is -2.56. The van der Waals surface area contributed by atoms with Gasteiger partial charge in [-0.1, -0.05) is 112 Å². The zero-order valence-corrected chi connectivity index (χ0v) is 22.4. The van der Waals surface area contributed by atoms with Crippen LogP contribution in [0, 0.1) is 17.8 Å². The van der Waals surface area contributed by atoms with Crippen molar-refractivity contribution in [2.24, 2.45) is 17.8 Å². The van der Waals surface area contributed by atoms with Gasteiger partial charge >= 0.3 is 0 Å².